The summed E-state index contributed by atoms with van der Waals surface area (Å²) < 4.78 is 0. The van der Waals surface area contributed by atoms with E-state index in [9.17, 15) is 0 Å². The van der Waals surface area contributed by atoms with E-state index < -0.39 is 15.8 Å². The van der Waals surface area contributed by atoms with E-state index in [0.29, 0.717) is 0 Å². The lowest BCUT2D eigenvalue weighted by molar-refractivity contribution is 0.674. The third kappa shape index (κ3) is 6.39. The molecule has 3 heteroatoms. The molecule has 0 N–H and O–H groups in total. The van der Waals surface area contributed by atoms with Crippen molar-refractivity contribution in [1.82, 2.24) is 0 Å². The summed E-state index contributed by atoms with van der Waals surface area (Å²) in [7, 11) is -1.44. The number of rotatable bonds is 8. The minimum absolute atomic E-state index is 0.718. The fourth-order valence-corrected chi connectivity index (χ4v) is 14.2. The maximum absolute atomic E-state index is 2.52. The van der Waals surface area contributed by atoms with Gasteiger partial charge in [0, 0.05) is 9.79 Å². The minimum Gasteiger partial charge on any atom is -0.0881 e. The van der Waals surface area contributed by atoms with Gasteiger partial charge in [-0.3, -0.25) is 0 Å². The lowest BCUT2D eigenvalue weighted by Crippen LogP contribution is -2.26. The first-order valence-electron chi connectivity index (χ1n) is 17.1. The molecule has 232 valence electrons. The maximum Gasteiger partial charge on any atom is 0.0241 e. The van der Waals surface area contributed by atoms with E-state index in [1.54, 1.807) is 22.3 Å². The van der Waals surface area contributed by atoms with Gasteiger partial charge in [-0.05, 0) is 121 Å². The second-order valence-corrected chi connectivity index (χ2v) is 18.0. The number of fused-ring (bicyclic) bond motifs is 2. The van der Waals surface area contributed by atoms with E-state index in [4.69, 9.17) is 0 Å². The first kappa shape index (κ1) is 30.8. The Morgan fingerprint density at radius 3 is 1.00 bits per heavy atom. The molecule has 0 bridgehead atoms. The van der Waals surface area contributed by atoms with Crippen molar-refractivity contribution in [1.29, 1.82) is 0 Å². The molecule has 0 radical (unpaired) electrons. The molecule has 0 heterocycles. The van der Waals surface area contributed by atoms with Crippen molar-refractivity contribution < 1.29 is 0 Å². The Kier molecular flexibility index (Phi) is 9.41. The van der Waals surface area contributed by atoms with Gasteiger partial charge in [-0.1, -0.05) is 157 Å². The first-order chi connectivity index (χ1) is 23.3. The number of benzene rings is 6. The van der Waals surface area contributed by atoms with Crippen LogP contribution < -0.4 is 31.8 Å². The smallest absolute Gasteiger partial charge is 0.0241 e. The molecule has 0 spiro atoms. The highest BCUT2D eigenvalue weighted by Gasteiger charge is 2.29. The average molecular weight is 663 g/mol. The normalized spacial score (nSPS) is 14.2. The van der Waals surface area contributed by atoms with Gasteiger partial charge in [0.25, 0.3) is 0 Å². The molecule has 0 fully saturated rings. The zero-order chi connectivity index (χ0) is 31.4. The minimum atomic E-state index is -0.718. The van der Waals surface area contributed by atoms with Crippen molar-refractivity contribution in [3.63, 3.8) is 0 Å². The molecule has 0 saturated heterocycles. The topological polar surface area (TPSA) is 0 Å². The summed E-state index contributed by atoms with van der Waals surface area (Å²) in [4.78, 5) is 3.08. The monoisotopic (exact) mass is 662 g/mol. The quantitative estimate of drug-likeness (QED) is 0.147. The molecule has 0 aliphatic heterocycles. The molecule has 0 unspecified atom stereocenters. The highest BCUT2D eigenvalue weighted by Crippen LogP contribution is 2.47. The van der Waals surface area contributed by atoms with Gasteiger partial charge in [-0.15, -0.1) is 0 Å². The molecule has 2 aliphatic rings. The summed E-state index contributed by atoms with van der Waals surface area (Å²) in [5.41, 5.74) is 6.36. The van der Waals surface area contributed by atoms with Gasteiger partial charge in [0.15, 0.2) is 0 Å². The first-order valence-corrected chi connectivity index (χ1v) is 20.6. The molecule has 0 saturated carbocycles. The van der Waals surface area contributed by atoms with Crippen LogP contribution in [0.4, 0.5) is 0 Å². The summed E-state index contributed by atoms with van der Waals surface area (Å²) in [6.07, 6.45) is 9.88. The number of hydrogen-bond acceptors (Lipinski definition) is 1. The van der Waals surface area contributed by atoms with Gasteiger partial charge in [0.1, 0.15) is 0 Å². The van der Waals surface area contributed by atoms with Gasteiger partial charge >= 0.3 is 0 Å². The second-order valence-electron chi connectivity index (χ2n) is 12.6. The van der Waals surface area contributed by atoms with Gasteiger partial charge < -0.3 is 0 Å². The van der Waals surface area contributed by atoms with Crippen molar-refractivity contribution in [2.24, 2.45) is 0 Å². The van der Waals surface area contributed by atoms with E-state index in [0.717, 1.165) is 0 Å². The van der Waals surface area contributed by atoms with E-state index in [1.165, 1.54) is 93.0 Å². The molecule has 0 aromatic heterocycles. The van der Waals surface area contributed by atoms with Gasteiger partial charge in [-0.2, -0.15) is 0 Å². The fourth-order valence-electron chi connectivity index (χ4n) is 7.41. The summed E-state index contributed by atoms with van der Waals surface area (Å²) in [6.45, 7) is 0. The van der Waals surface area contributed by atoms with Crippen LogP contribution in [-0.4, -0.2) is 0 Å². The summed E-state index contributed by atoms with van der Waals surface area (Å²) in [6, 6.07) is 55.2. The molecule has 0 nitrogen and oxygen atoms in total. The highest BCUT2D eigenvalue weighted by molar-refractivity contribution is 8.01. The molecule has 0 atom stereocenters. The summed E-state index contributed by atoms with van der Waals surface area (Å²) in [5.74, 6) is 0. The fraction of sp³-hybridized carbons (Fsp3) is 0.182. The van der Waals surface area contributed by atoms with E-state index in [-0.39, 0.29) is 0 Å². The van der Waals surface area contributed by atoms with Crippen LogP contribution in [-0.2, 0) is 25.7 Å². The molecule has 8 rings (SSSR count). The Morgan fingerprint density at radius 1 is 0.340 bits per heavy atom. The van der Waals surface area contributed by atoms with Crippen molar-refractivity contribution >= 4 is 59.4 Å². The van der Waals surface area contributed by atoms with Crippen molar-refractivity contribution in [3.8, 4) is 0 Å². The summed E-state index contributed by atoms with van der Waals surface area (Å²) in [5, 5.41) is 8.75. The van der Waals surface area contributed by atoms with E-state index >= 15 is 0 Å². The lowest BCUT2D eigenvalue weighted by Gasteiger charge is -2.30. The van der Waals surface area contributed by atoms with E-state index in [2.05, 4.69) is 157 Å². The maximum atomic E-state index is 2.52. The molecule has 6 aromatic rings. The SMILES string of the molecule is c1ccc(P(c2ccccc2)c2ccc3c(c2Sc2c(P(c4ccccc4)c4ccccc4)ccc4c2CCCC4)CCCC3)cc1. The second kappa shape index (κ2) is 14.3. The third-order valence-electron chi connectivity index (χ3n) is 9.66. The number of hydrogen-bond donors (Lipinski definition) is 0. The predicted molar refractivity (Wildman–Crippen MR) is 208 cm³/mol. The van der Waals surface area contributed by atoms with Crippen LogP contribution in [0, 0.1) is 0 Å². The highest BCUT2D eigenvalue weighted by atomic mass is 32.2. The molecule has 2 aliphatic carbocycles. The van der Waals surface area contributed by atoms with Crippen molar-refractivity contribution in [2.75, 3.05) is 0 Å². The average Bonchev–Trinajstić information content (AvgIpc) is 3.15. The van der Waals surface area contributed by atoms with Gasteiger partial charge in [0.05, 0.1) is 0 Å². The standard InChI is InChI=1S/C44H40P2S/c1-5-19-35(20-6-1)45(36-21-7-2-8-22-36)41-31-29-33-17-13-15-27-39(33)43(41)47-44-40-28-16-14-18-34(40)30-32-42(44)46(37-23-9-3-10-24-37)38-25-11-4-12-26-38/h1-12,19-26,29-32H,13-18,27-28H2. The van der Waals surface area contributed by atoms with Crippen LogP contribution in [0.25, 0.3) is 0 Å². The summed E-state index contributed by atoms with van der Waals surface area (Å²) >= 11 is 2.14. The van der Waals surface area contributed by atoms with E-state index in [1.807, 2.05) is 0 Å². The zero-order valence-corrected chi connectivity index (χ0v) is 29.4. The Morgan fingerprint density at radius 2 is 0.660 bits per heavy atom. The molecule has 6 aromatic carbocycles. The zero-order valence-electron chi connectivity index (χ0n) is 26.8. The van der Waals surface area contributed by atoms with Crippen LogP contribution in [0.15, 0.2) is 155 Å². The van der Waals surface area contributed by atoms with Gasteiger partial charge in [0.2, 0.25) is 0 Å². The van der Waals surface area contributed by atoms with Crippen LogP contribution in [0.5, 0.6) is 0 Å². The third-order valence-corrected chi connectivity index (χ3v) is 16.3. The van der Waals surface area contributed by atoms with Gasteiger partial charge in [-0.25, -0.2) is 0 Å². The molecule has 0 amide bonds. The van der Waals surface area contributed by atoms with Crippen molar-refractivity contribution in [2.45, 2.75) is 61.2 Å². The Balaban J connectivity index is 1.37. The molecular weight excluding hydrogens is 622 g/mol. The Labute approximate surface area is 287 Å². The Hall–Kier alpha value is -3.47. The van der Waals surface area contributed by atoms with Crippen LogP contribution in [0.1, 0.15) is 47.9 Å². The predicted octanol–water partition coefficient (Wildman–Crippen LogP) is 9.11. The Bertz CT molecular complexity index is 1730. The molecular formula is C44H40P2S. The largest absolute Gasteiger partial charge is 0.0881 e. The van der Waals surface area contributed by atoms with Crippen molar-refractivity contribution in [3.05, 3.63) is 168 Å². The van der Waals surface area contributed by atoms with Crippen LogP contribution in [0.3, 0.4) is 0 Å². The van der Waals surface area contributed by atoms with Crippen LogP contribution >= 0.6 is 27.6 Å². The lowest BCUT2D eigenvalue weighted by atomic mass is 9.91. The number of aryl methyl sites for hydroxylation is 2. The van der Waals surface area contributed by atoms with Crippen LogP contribution in [0.2, 0.25) is 0 Å². The molecule has 47 heavy (non-hydrogen) atoms.